The van der Waals surface area contributed by atoms with Crippen molar-refractivity contribution in [1.29, 1.82) is 0 Å². The highest BCUT2D eigenvalue weighted by Crippen LogP contribution is 2.32. The molecule has 2 heterocycles. The molecule has 3 N–H and O–H groups in total. The second-order valence-electron chi connectivity index (χ2n) is 5.62. The van der Waals surface area contributed by atoms with E-state index in [4.69, 9.17) is 17.3 Å². The van der Waals surface area contributed by atoms with Gasteiger partial charge in [0, 0.05) is 33.4 Å². The van der Waals surface area contributed by atoms with Gasteiger partial charge in [-0.1, -0.05) is 41.6 Å². The number of hydrogen-bond donors (Lipinski definition) is 2. The van der Waals surface area contributed by atoms with Crippen LogP contribution in [0.5, 0.6) is 0 Å². The van der Waals surface area contributed by atoms with Crippen LogP contribution in [-0.4, -0.2) is 31.4 Å². The van der Waals surface area contributed by atoms with Crippen LogP contribution in [0.25, 0.3) is 28.0 Å². The summed E-state index contributed by atoms with van der Waals surface area (Å²) >= 11 is 7.27. The van der Waals surface area contributed by atoms with Crippen molar-refractivity contribution in [1.82, 2.24) is 19.7 Å². The van der Waals surface area contributed by atoms with Crippen molar-refractivity contribution in [3.8, 4) is 17.1 Å². The Kier molecular flexibility index (Phi) is 4.40. The number of hydrogen-bond acceptors (Lipinski definition) is 4. The van der Waals surface area contributed by atoms with Gasteiger partial charge in [-0.25, -0.2) is 0 Å². The van der Waals surface area contributed by atoms with E-state index in [9.17, 15) is 4.79 Å². The smallest absolute Gasteiger partial charge is 0.227 e. The van der Waals surface area contributed by atoms with Crippen molar-refractivity contribution >= 4 is 40.2 Å². The van der Waals surface area contributed by atoms with Crippen LogP contribution in [0.15, 0.2) is 59.9 Å². The molecule has 26 heavy (non-hydrogen) atoms. The average Bonchev–Trinajstić information content (AvgIpc) is 3.24. The van der Waals surface area contributed by atoms with Crippen LogP contribution >= 0.6 is 23.4 Å². The summed E-state index contributed by atoms with van der Waals surface area (Å²) in [5.74, 6) is 0.394. The molecule has 130 valence electrons. The first-order valence-corrected chi connectivity index (χ1v) is 9.19. The maximum absolute atomic E-state index is 11.2. The number of thioether (sulfide) groups is 1. The summed E-state index contributed by atoms with van der Waals surface area (Å²) in [6.45, 7) is 0. The Morgan fingerprint density at radius 1 is 1.15 bits per heavy atom. The molecule has 0 atom stereocenters. The van der Waals surface area contributed by atoms with Crippen LogP contribution in [0.1, 0.15) is 0 Å². The molecule has 6 nitrogen and oxygen atoms in total. The lowest BCUT2D eigenvalue weighted by Crippen LogP contribution is -2.13. The molecule has 0 spiro atoms. The number of H-pyrrole nitrogens is 1. The van der Waals surface area contributed by atoms with Crippen molar-refractivity contribution in [3.05, 3.63) is 59.8 Å². The van der Waals surface area contributed by atoms with Crippen molar-refractivity contribution < 1.29 is 4.79 Å². The molecule has 0 bridgehead atoms. The molecule has 0 unspecified atom stereocenters. The Bertz CT molecular complexity index is 1090. The number of carbonyl (C=O) groups is 1. The minimum atomic E-state index is -0.408. The zero-order valence-electron chi connectivity index (χ0n) is 13.5. The van der Waals surface area contributed by atoms with Gasteiger partial charge in [-0.3, -0.25) is 9.36 Å². The molecule has 0 aliphatic rings. The van der Waals surface area contributed by atoms with Gasteiger partial charge >= 0.3 is 0 Å². The Morgan fingerprint density at radius 2 is 1.92 bits per heavy atom. The zero-order chi connectivity index (χ0) is 18.1. The predicted octanol–water partition coefficient (Wildman–Crippen LogP) is 3.65. The van der Waals surface area contributed by atoms with Crippen LogP contribution in [0, 0.1) is 0 Å². The first kappa shape index (κ1) is 16.7. The van der Waals surface area contributed by atoms with Gasteiger partial charge in [-0.2, -0.15) is 0 Å². The summed E-state index contributed by atoms with van der Waals surface area (Å²) < 4.78 is 1.90. The topological polar surface area (TPSA) is 89.6 Å². The number of carbonyl (C=O) groups excluding carboxylic acids is 1. The molecule has 0 radical (unpaired) electrons. The molecular formula is C18H14ClN5OS. The summed E-state index contributed by atoms with van der Waals surface area (Å²) in [5, 5.41) is 10.9. The number of rotatable bonds is 5. The standard InChI is InChI=1S/C18H14ClN5OS/c19-11-5-7-12(8-6-11)24-17(22-23-18(24)26-10-16(20)25)14-9-21-15-4-2-1-3-13(14)15/h1-9,21H,10H2,(H2,20,25). The molecule has 4 rings (SSSR count). The van der Waals surface area contributed by atoms with Gasteiger partial charge in [0.2, 0.25) is 5.91 Å². The van der Waals surface area contributed by atoms with Crippen LogP contribution < -0.4 is 5.73 Å². The molecular weight excluding hydrogens is 370 g/mol. The quantitative estimate of drug-likeness (QED) is 0.515. The highest BCUT2D eigenvalue weighted by atomic mass is 35.5. The van der Waals surface area contributed by atoms with E-state index in [1.54, 1.807) is 12.1 Å². The molecule has 1 amide bonds. The fourth-order valence-corrected chi connectivity index (χ4v) is 3.57. The molecule has 2 aromatic heterocycles. The van der Waals surface area contributed by atoms with E-state index in [2.05, 4.69) is 15.2 Å². The summed E-state index contributed by atoms with van der Waals surface area (Å²) in [6.07, 6.45) is 1.91. The molecule has 0 saturated carbocycles. The molecule has 4 aromatic rings. The second-order valence-corrected chi connectivity index (χ2v) is 7.00. The van der Waals surface area contributed by atoms with E-state index in [0.29, 0.717) is 16.0 Å². The van der Waals surface area contributed by atoms with Gasteiger partial charge in [0.25, 0.3) is 0 Å². The third-order valence-electron chi connectivity index (χ3n) is 3.89. The fraction of sp³-hybridized carbons (Fsp3) is 0.0556. The van der Waals surface area contributed by atoms with Gasteiger partial charge in [-0.15, -0.1) is 10.2 Å². The molecule has 0 aliphatic carbocycles. The van der Waals surface area contributed by atoms with Gasteiger partial charge in [0.05, 0.1) is 5.75 Å². The Morgan fingerprint density at radius 3 is 2.69 bits per heavy atom. The van der Waals surface area contributed by atoms with Crippen LogP contribution in [0.4, 0.5) is 0 Å². The lowest BCUT2D eigenvalue weighted by atomic mass is 10.1. The number of amides is 1. The number of aromatic amines is 1. The van der Waals surface area contributed by atoms with Crippen molar-refractivity contribution in [2.75, 3.05) is 5.75 Å². The maximum Gasteiger partial charge on any atom is 0.227 e. The molecule has 8 heteroatoms. The van der Waals surface area contributed by atoms with Crippen molar-refractivity contribution in [2.45, 2.75) is 5.16 Å². The number of primary amides is 1. The average molecular weight is 384 g/mol. The third-order valence-corrected chi connectivity index (χ3v) is 5.10. The number of halogens is 1. The summed E-state index contributed by atoms with van der Waals surface area (Å²) in [6, 6.07) is 15.4. The molecule has 0 saturated heterocycles. The van der Waals surface area contributed by atoms with E-state index >= 15 is 0 Å². The number of nitrogens with zero attached hydrogens (tertiary/aromatic N) is 3. The monoisotopic (exact) mass is 383 g/mol. The highest BCUT2D eigenvalue weighted by Gasteiger charge is 2.19. The zero-order valence-corrected chi connectivity index (χ0v) is 15.1. The minimum Gasteiger partial charge on any atom is -0.369 e. The Labute approximate surface area is 158 Å². The van der Waals surface area contributed by atoms with E-state index in [1.165, 1.54) is 11.8 Å². The number of aromatic nitrogens is 4. The van der Waals surface area contributed by atoms with Gasteiger partial charge in [-0.05, 0) is 30.3 Å². The number of para-hydroxylation sites is 1. The second kappa shape index (κ2) is 6.86. The molecule has 2 aromatic carbocycles. The SMILES string of the molecule is NC(=O)CSc1nnc(-c2c[nH]c3ccccc23)n1-c1ccc(Cl)cc1. The summed E-state index contributed by atoms with van der Waals surface area (Å²) in [5.41, 5.74) is 8.08. The van der Waals surface area contributed by atoms with Crippen LogP contribution in [0.2, 0.25) is 5.02 Å². The van der Waals surface area contributed by atoms with Gasteiger partial charge in [0.15, 0.2) is 11.0 Å². The highest BCUT2D eigenvalue weighted by molar-refractivity contribution is 7.99. The number of benzene rings is 2. The number of fused-ring (bicyclic) bond motifs is 1. The van der Waals surface area contributed by atoms with Crippen LogP contribution in [-0.2, 0) is 4.79 Å². The number of nitrogens with one attached hydrogen (secondary N) is 1. The normalized spacial score (nSPS) is 11.1. The van der Waals surface area contributed by atoms with Crippen LogP contribution in [0.3, 0.4) is 0 Å². The third kappa shape index (κ3) is 3.07. The Hall–Kier alpha value is -2.77. The fourth-order valence-electron chi connectivity index (χ4n) is 2.75. The Balaban J connectivity index is 1.89. The summed E-state index contributed by atoms with van der Waals surface area (Å²) in [4.78, 5) is 14.4. The predicted molar refractivity (Wildman–Crippen MR) is 104 cm³/mol. The van der Waals surface area contributed by atoms with E-state index in [-0.39, 0.29) is 5.75 Å². The number of nitrogens with two attached hydrogens (primary N) is 1. The van der Waals surface area contributed by atoms with Crippen molar-refractivity contribution in [2.24, 2.45) is 5.73 Å². The molecule has 0 aliphatic heterocycles. The minimum absolute atomic E-state index is 0.125. The lowest BCUT2D eigenvalue weighted by molar-refractivity contribution is -0.115. The summed E-state index contributed by atoms with van der Waals surface area (Å²) in [7, 11) is 0. The van der Waals surface area contributed by atoms with E-state index < -0.39 is 5.91 Å². The van der Waals surface area contributed by atoms with E-state index in [1.807, 2.05) is 47.2 Å². The first-order valence-electron chi connectivity index (χ1n) is 7.82. The van der Waals surface area contributed by atoms with E-state index in [0.717, 1.165) is 22.2 Å². The van der Waals surface area contributed by atoms with Gasteiger partial charge < -0.3 is 10.7 Å². The molecule has 0 fully saturated rings. The van der Waals surface area contributed by atoms with Gasteiger partial charge in [0.1, 0.15) is 0 Å². The largest absolute Gasteiger partial charge is 0.369 e. The lowest BCUT2D eigenvalue weighted by Gasteiger charge is -2.09. The first-order chi connectivity index (χ1) is 12.6. The maximum atomic E-state index is 11.2. The van der Waals surface area contributed by atoms with Crippen molar-refractivity contribution in [3.63, 3.8) is 0 Å².